The number of aromatic nitrogens is 3. The molecule has 0 saturated heterocycles. The minimum Gasteiger partial charge on any atom is -0.469 e. The van der Waals surface area contributed by atoms with Gasteiger partial charge in [-0.25, -0.2) is 9.67 Å². The third-order valence-corrected chi connectivity index (χ3v) is 3.51. The highest BCUT2D eigenvalue weighted by Crippen LogP contribution is 2.20. The Balaban J connectivity index is 2.08. The van der Waals surface area contributed by atoms with E-state index in [4.69, 9.17) is 0 Å². The second kappa shape index (κ2) is 7.69. The molecule has 22 heavy (non-hydrogen) atoms. The third kappa shape index (κ3) is 4.66. The number of hydrogen-bond acceptors (Lipinski definition) is 5. The number of halogens is 1. The Morgan fingerprint density at radius 3 is 2.68 bits per heavy atom. The summed E-state index contributed by atoms with van der Waals surface area (Å²) in [5.74, 6) is -0.656. The number of hydrogen-bond donors (Lipinski definition) is 1. The first-order chi connectivity index (χ1) is 10.6. The number of benzene rings is 1. The van der Waals surface area contributed by atoms with Gasteiger partial charge in [-0.15, -0.1) is 0 Å². The van der Waals surface area contributed by atoms with Crippen molar-refractivity contribution in [2.24, 2.45) is 0 Å². The van der Waals surface area contributed by atoms with Crippen molar-refractivity contribution in [1.82, 2.24) is 20.1 Å². The summed E-state index contributed by atoms with van der Waals surface area (Å²) in [4.78, 5) is 27.4. The molecule has 0 radical (unpaired) electrons. The maximum Gasteiger partial charge on any atom is 0.307 e. The van der Waals surface area contributed by atoms with Crippen molar-refractivity contribution in [3.05, 3.63) is 47.0 Å². The van der Waals surface area contributed by atoms with Crippen molar-refractivity contribution in [3.63, 3.8) is 0 Å². The minimum atomic E-state index is -0.462. The van der Waals surface area contributed by atoms with E-state index in [-0.39, 0.29) is 18.9 Å². The lowest BCUT2D eigenvalue weighted by Crippen LogP contribution is -2.33. The van der Waals surface area contributed by atoms with Gasteiger partial charge in [-0.05, 0) is 17.7 Å². The first-order valence-electron chi connectivity index (χ1n) is 6.52. The molecule has 0 aliphatic rings. The van der Waals surface area contributed by atoms with E-state index in [2.05, 4.69) is 36.1 Å². The second-order valence-corrected chi connectivity index (χ2v) is 5.46. The molecule has 0 spiro atoms. The van der Waals surface area contributed by atoms with E-state index in [1.54, 1.807) is 0 Å². The van der Waals surface area contributed by atoms with Crippen molar-refractivity contribution in [3.8, 4) is 0 Å². The number of amides is 1. The molecule has 1 atom stereocenters. The van der Waals surface area contributed by atoms with Gasteiger partial charge >= 0.3 is 5.97 Å². The minimum absolute atomic E-state index is 0.0359. The SMILES string of the molecule is COC(=O)CC(NC(=O)Cn1cncn1)c1ccc(Br)cc1. The molecule has 1 aromatic carbocycles. The first kappa shape index (κ1) is 16.2. The van der Waals surface area contributed by atoms with Gasteiger partial charge in [0, 0.05) is 4.47 Å². The second-order valence-electron chi connectivity index (χ2n) is 4.54. The molecule has 0 saturated carbocycles. The zero-order valence-electron chi connectivity index (χ0n) is 11.9. The smallest absolute Gasteiger partial charge is 0.307 e. The number of carbonyl (C=O) groups is 2. The van der Waals surface area contributed by atoms with E-state index in [0.717, 1.165) is 10.0 Å². The van der Waals surface area contributed by atoms with E-state index < -0.39 is 12.0 Å². The number of ether oxygens (including phenoxy) is 1. The summed E-state index contributed by atoms with van der Waals surface area (Å²) in [7, 11) is 1.32. The van der Waals surface area contributed by atoms with Crippen molar-refractivity contribution < 1.29 is 14.3 Å². The number of carbonyl (C=O) groups excluding carboxylic acids is 2. The number of rotatable bonds is 6. The lowest BCUT2D eigenvalue weighted by molar-refractivity contribution is -0.141. The van der Waals surface area contributed by atoms with Crippen LogP contribution in [0.3, 0.4) is 0 Å². The molecule has 7 nitrogen and oxygen atoms in total. The van der Waals surface area contributed by atoms with Crippen molar-refractivity contribution in [2.75, 3.05) is 7.11 Å². The van der Waals surface area contributed by atoms with Gasteiger partial charge in [0.25, 0.3) is 0 Å². The maximum absolute atomic E-state index is 12.1. The summed E-state index contributed by atoms with van der Waals surface area (Å²) in [5.41, 5.74) is 0.820. The summed E-state index contributed by atoms with van der Waals surface area (Å²) in [6, 6.07) is 6.92. The predicted molar refractivity (Wildman–Crippen MR) is 81.7 cm³/mol. The zero-order valence-corrected chi connectivity index (χ0v) is 13.5. The Morgan fingerprint density at radius 2 is 2.09 bits per heavy atom. The molecule has 0 aliphatic carbocycles. The van der Waals surface area contributed by atoms with E-state index in [0.29, 0.717) is 0 Å². The Bertz CT molecular complexity index is 628. The number of nitrogens with zero attached hydrogens (tertiary/aromatic N) is 3. The van der Waals surface area contributed by atoms with Crippen LogP contribution in [-0.2, 0) is 20.9 Å². The topological polar surface area (TPSA) is 86.1 Å². The highest BCUT2D eigenvalue weighted by atomic mass is 79.9. The van der Waals surface area contributed by atoms with Crippen LogP contribution in [-0.4, -0.2) is 33.8 Å². The Labute approximate surface area is 135 Å². The largest absolute Gasteiger partial charge is 0.469 e. The van der Waals surface area contributed by atoms with Crippen LogP contribution in [0.4, 0.5) is 0 Å². The van der Waals surface area contributed by atoms with Gasteiger partial charge in [0.15, 0.2) is 0 Å². The van der Waals surface area contributed by atoms with Gasteiger partial charge in [0.1, 0.15) is 19.2 Å². The molecule has 2 aromatic rings. The fourth-order valence-electron chi connectivity index (χ4n) is 1.90. The summed E-state index contributed by atoms with van der Waals surface area (Å²) in [6.07, 6.45) is 2.86. The van der Waals surface area contributed by atoms with E-state index in [1.165, 1.54) is 24.4 Å². The number of nitrogens with one attached hydrogen (secondary N) is 1. The highest BCUT2D eigenvalue weighted by Gasteiger charge is 2.19. The van der Waals surface area contributed by atoms with Crippen LogP contribution in [0.5, 0.6) is 0 Å². The van der Waals surface area contributed by atoms with Crippen molar-refractivity contribution >= 4 is 27.8 Å². The van der Waals surface area contributed by atoms with Crippen LogP contribution in [0.25, 0.3) is 0 Å². The van der Waals surface area contributed by atoms with E-state index in [1.807, 2.05) is 24.3 Å². The van der Waals surface area contributed by atoms with Crippen LogP contribution >= 0.6 is 15.9 Å². The molecule has 1 amide bonds. The molecule has 2 rings (SSSR count). The number of esters is 1. The summed E-state index contributed by atoms with van der Waals surface area (Å²) < 4.78 is 7.01. The van der Waals surface area contributed by atoms with Crippen LogP contribution in [0.15, 0.2) is 41.4 Å². The molecule has 116 valence electrons. The van der Waals surface area contributed by atoms with Gasteiger partial charge in [-0.3, -0.25) is 9.59 Å². The monoisotopic (exact) mass is 366 g/mol. The maximum atomic E-state index is 12.1. The van der Waals surface area contributed by atoms with Crippen LogP contribution in [0, 0.1) is 0 Å². The van der Waals surface area contributed by atoms with Crippen LogP contribution in [0.1, 0.15) is 18.0 Å². The Morgan fingerprint density at radius 1 is 1.36 bits per heavy atom. The molecule has 0 fully saturated rings. The van der Waals surface area contributed by atoms with E-state index >= 15 is 0 Å². The van der Waals surface area contributed by atoms with Crippen LogP contribution in [0.2, 0.25) is 0 Å². The van der Waals surface area contributed by atoms with Crippen molar-refractivity contribution in [2.45, 2.75) is 19.0 Å². The van der Waals surface area contributed by atoms with Crippen LogP contribution < -0.4 is 5.32 Å². The summed E-state index contributed by atoms with van der Waals surface area (Å²) >= 11 is 3.35. The average Bonchev–Trinajstić information content (AvgIpc) is 3.00. The normalized spacial score (nSPS) is 11.7. The molecule has 1 heterocycles. The molecule has 1 unspecified atom stereocenters. The molecule has 0 bridgehead atoms. The predicted octanol–water partition coefficient (Wildman–Crippen LogP) is 1.46. The molecular weight excluding hydrogens is 352 g/mol. The fraction of sp³-hybridized carbons (Fsp3) is 0.286. The fourth-order valence-corrected chi connectivity index (χ4v) is 2.16. The molecule has 0 aliphatic heterocycles. The Hall–Kier alpha value is -2.22. The molecule has 1 aromatic heterocycles. The standard InChI is InChI=1S/C14H15BrN4O3/c1-22-14(21)6-12(10-2-4-11(15)5-3-10)18-13(20)7-19-9-16-8-17-19/h2-5,8-9,12H,6-7H2,1H3,(H,18,20). The summed E-state index contributed by atoms with van der Waals surface area (Å²) in [5, 5.41) is 6.68. The highest BCUT2D eigenvalue weighted by molar-refractivity contribution is 9.10. The first-order valence-corrected chi connectivity index (χ1v) is 7.32. The van der Waals surface area contributed by atoms with E-state index in [9.17, 15) is 9.59 Å². The molecule has 8 heteroatoms. The Kier molecular flexibility index (Phi) is 5.65. The van der Waals surface area contributed by atoms with Gasteiger partial charge < -0.3 is 10.1 Å². The summed E-state index contributed by atoms with van der Waals surface area (Å²) in [6.45, 7) is 0.0359. The lowest BCUT2D eigenvalue weighted by Gasteiger charge is -2.18. The molecular formula is C14H15BrN4O3. The van der Waals surface area contributed by atoms with Gasteiger partial charge in [0.05, 0.1) is 19.6 Å². The van der Waals surface area contributed by atoms with Gasteiger partial charge in [0.2, 0.25) is 5.91 Å². The average molecular weight is 367 g/mol. The third-order valence-electron chi connectivity index (χ3n) is 2.98. The van der Waals surface area contributed by atoms with Crippen molar-refractivity contribution in [1.29, 1.82) is 0 Å². The zero-order chi connectivity index (χ0) is 15.9. The quantitative estimate of drug-likeness (QED) is 0.782. The number of methoxy groups -OCH3 is 1. The van der Waals surface area contributed by atoms with Gasteiger partial charge in [-0.1, -0.05) is 28.1 Å². The molecule has 1 N–H and O–H groups in total. The van der Waals surface area contributed by atoms with Gasteiger partial charge in [-0.2, -0.15) is 5.10 Å². The lowest BCUT2D eigenvalue weighted by atomic mass is 10.0.